The van der Waals surface area contributed by atoms with Crippen molar-refractivity contribution in [2.24, 2.45) is 0 Å². The van der Waals surface area contributed by atoms with Gasteiger partial charge in [0, 0.05) is 12.2 Å². The Morgan fingerprint density at radius 2 is 2.35 bits per heavy atom. The molecule has 0 spiro atoms. The van der Waals surface area contributed by atoms with E-state index in [4.69, 9.17) is 9.15 Å². The molecule has 1 unspecified atom stereocenters. The summed E-state index contributed by atoms with van der Waals surface area (Å²) in [4.78, 5) is 12.1. The lowest BCUT2D eigenvalue weighted by molar-refractivity contribution is 0.0265. The van der Waals surface area contributed by atoms with E-state index < -0.39 is 0 Å². The Kier molecular flexibility index (Phi) is 3.58. The van der Waals surface area contributed by atoms with Gasteiger partial charge < -0.3 is 14.5 Å². The van der Waals surface area contributed by atoms with E-state index in [2.05, 4.69) is 21.2 Å². The van der Waals surface area contributed by atoms with Crippen LogP contribution in [0.3, 0.4) is 0 Å². The van der Waals surface area contributed by atoms with Crippen molar-refractivity contribution in [2.75, 3.05) is 13.2 Å². The van der Waals surface area contributed by atoms with Gasteiger partial charge in [-0.25, -0.2) is 0 Å². The van der Waals surface area contributed by atoms with E-state index in [0.717, 1.165) is 25.0 Å². The van der Waals surface area contributed by atoms with Crippen molar-refractivity contribution in [2.45, 2.75) is 32.2 Å². The average Bonchev–Trinajstić information content (AvgIpc) is 2.58. The number of hydrogen-bond donors (Lipinski definition) is 1. The maximum Gasteiger partial charge on any atom is 0.287 e. The third-order valence-corrected chi connectivity index (χ3v) is 3.34. The molecule has 0 aromatic carbocycles. The van der Waals surface area contributed by atoms with Gasteiger partial charge in [-0.05, 0) is 48.7 Å². The molecule has 1 aromatic rings. The monoisotopic (exact) mass is 301 g/mol. The van der Waals surface area contributed by atoms with Gasteiger partial charge in [-0.2, -0.15) is 0 Å². The largest absolute Gasteiger partial charge is 0.444 e. The summed E-state index contributed by atoms with van der Waals surface area (Å²) in [7, 11) is 0. The maximum atomic E-state index is 12.1. The highest BCUT2D eigenvalue weighted by atomic mass is 79.9. The highest BCUT2D eigenvalue weighted by Gasteiger charge is 2.31. The summed E-state index contributed by atoms with van der Waals surface area (Å²) in [6, 6.07) is 1.79. The molecular formula is C12H16BrNO3. The molecule has 5 heteroatoms. The van der Waals surface area contributed by atoms with Gasteiger partial charge in [0.1, 0.15) is 0 Å². The molecule has 0 radical (unpaired) electrons. The van der Waals surface area contributed by atoms with Crippen LogP contribution in [0.15, 0.2) is 15.2 Å². The summed E-state index contributed by atoms with van der Waals surface area (Å²) in [5, 5.41) is 2.99. The van der Waals surface area contributed by atoms with Crippen LogP contribution in [0.1, 0.15) is 35.9 Å². The molecule has 1 aliphatic rings. The van der Waals surface area contributed by atoms with Crippen molar-refractivity contribution < 1.29 is 13.9 Å². The van der Waals surface area contributed by atoms with E-state index >= 15 is 0 Å². The second-order valence-electron chi connectivity index (χ2n) is 4.73. The van der Waals surface area contributed by atoms with Crippen LogP contribution in [0.4, 0.5) is 0 Å². The van der Waals surface area contributed by atoms with Crippen molar-refractivity contribution >= 4 is 21.8 Å². The van der Waals surface area contributed by atoms with Crippen LogP contribution < -0.4 is 5.32 Å². The molecule has 2 rings (SSSR count). The zero-order valence-electron chi connectivity index (χ0n) is 10.0. The molecule has 1 N–H and O–H groups in total. The normalized spacial score (nSPS) is 24.6. The van der Waals surface area contributed by atoms with E-state index in [1.165, 1.54) is 0 Å². The predicted octanol–water partition coefficient (Wildman–Crippen LogP) is 2.65. The molecule has 2 heterocycles. The number of amides is 1. The number of nitrogens with one attached hydrogen (secondary N) is 1. The van der Waals surface area contributed by atoms with Crippen molar-refractivity contribution in [3.8, 4) is 0 Å². The van der Waals surface area contributed by atoms with Crippen molar-refractivity contribution in [1.82, 2.24) is 5.32 Å². The molecule has 1 aromatic heterocycles. The maximum absolute atomic E-state index is 12.1. The smallest absolute Gasteiger partial charge is 0.287 e. The van der Waals surface area contributed by atoms with Crippen molar-refractivity contribution in [3.05, 3.63) is 22.1 Å². The van der Waals surface area contributed by atoms with Crippen LogP contribution in [0, 0.1) is 6.92 Å². The molecular weight excluding hydrogens is 286 g/mol. The molecule has 0 aliphatic carbocycles. The highest BCUT2D eigenvalue weighted by molar-refractivity contribution is 9.10. The number of furan rings is 1. The van der Waals surface area contributed by atoms with Crippen molar-refractivity contribution in [1.29, 1.82) is 0 Å². The van der Waals surface area contributed by atoms with Gasteiger partial charge in [0.15, 0.2) is 10.4 Å². The Morgan fingerprint density at radius 1 is 1.59 bits per heavy atom. The molecule has 0 bridgehead atoms. The number of halogens is 1. The molecule has 1 aliphatic heterocycles. The molecule has 0 saturated carbocycles. The summed E-state index contributed by atoms with van der Waals surface area (Å²) in [5.74, 6) is 0.185. The fraction of sp³-hybridized carbons (Fsp3) is 0.583. The van der Waals surface area contributed by atoms with Crippen LogP contribution in [0.5, 0.6) is 0 Å². The van der Waals surface area contributed by atoms with Crippen LogP contribution in [-0.4, -0.2) is 24.7 Å². The first kappa shape index (κ1) is 12.6. The molecule has 1 fully saturated rings. The van der Waals surface area contributed by atoms with Crippen LogP contribution in [-0.2, 0) is 4.74 Å². The molecule has 1 saturated heterocycles. The van der Waals surface area contributed by atoms with Gasteiger partial charge >= 0.3 is 0 Å². The second-order valence-corrected chi connectivity index (χ2v) is 5.52. The summed E-state index contributed by atoms with van der Waals surface area (Å²) in [5.41, 5.74) is 0.538. The minimum absolute atomic E-state index is 0.179. The molecule has 4 nitrogen and oxygen atoms in total. The zero-order valence-corrected chi connectivity index (χ0v) is 11.6. The van der Waals surface area contributed by atoms with Crippen LogP contribution in [0.2, 0.25) is 0 Å². The SMILES string of the molecule is Cc1cc(Br)oc1C(=O)NC1(C)CCCOC1. The number of carbonyl (C=O) groups excluding carboxylic acids is 1. The van der Waals surface area contributed by atoms with Gasteiger partial charge in [0.25, 0.3) is 5.91 Å². The van der Waals surface area contributed by atoms with Gasteiger partial charge in [-0.1, -0.05) is 0 Å². The molecule has 17 heavy (non-hydrogen) atoms. The van der Waals surface area contributed by atoms with E-state index in [1.54, 1.807) is 6.07 Å². The number of carbonyl (C=O) groups is 1. The zero-order chi connectivity index (χ0) is 12.5. The third-order valence-electron chi connectivity index (χ3n) is 2.95. The second kappa shape index (κ2) is 4.82. The van der Waals surface area contributed by atoms with Crippen molar-refractivity contribution in [3.63, 3.8) is 0 Å². The first-order valence-corrected chi connectivity index (χ1v) is 6.46. The Morgan fingerprint density at radius 3 is 2.88 bits per heavy atom. The van der Waals surface area contributed by atoms with Crippen LogP contribution >= 0.6 is 15.9 Å². The third kappa shape index (κ3) is 2.90. The number of ether oxygens (including phenoxy) is 1. The lowest BCUT2D eigenvalue weighted by atomic mass is 9.94. The Balaban J connectivity index is 2.08. The highest BCUT2D eigenvalue weighted by Crippen LogP contribution is 2.22. The van der Waals surface area contributed by atoms with E-state index in [9.17, 15) is 4.79 Å². The van der Waals surface area contributed by atoms with Gasteiger partial charge in [-0.15, -0.1) is 0 Å². The Labute approximate surface area is 109 Å². The predicted molar refractivity (Wildman–Crippen MR) is 67.1 cm³/mol. The van der Waals surface area contributed by atoms with Gasteiger partial charge in [0.05, 0.1) is 12.1 Å². The summed E-state index contributed by atoms with van der Waals surface area (Å²) >= 11 is 3.22. The summed E-state index contributed by atoms with van der Waals surface area (Å²) in [6.45, 7) is 5.18. The standard InChI is InChI=1S/C12H16BrNO3/c1-8-6-9(13)17-10(8)11(15)14-12(2)4-3-5-16-7-12/h6H,3-5,7H2,1-2H3,(H,14,15). The molecule has 1 amide bonds. The Hall–Kier alpha value is -0.810. The average molecular weight is 302 g/mol. The van der Waals surface area contributed by atoms with E-state index in [-0.39, 0.29) is 11.4 Å². The number of aryl methyl sites for hydroxylation is 1. The number of rotatable bonds is 2. The fourth-order valence-corrected chi connectivity index (χ4v) is 2.54. The minimum atomic E-state index is -0.291. The number of hydrogen-bond acceptors (Lipinski definition) is 3. The molecule has 94 valence electrons. The summed E-state index contributed by atoms with van der Waals surface area (Å²) < 4.78 is 11.3. The first-order chi connectivity index (χ1) is 8.00. The van der Waals surface area contributed by atoms with E-state index in [1.807, 2.05) is 13.8 Å². The Bertz CT molecular complexity index is 421. The fourth-order valence-electron chi connectivity index (χ4n) is 2.03. The van der Waals surface area contributed by atoms with E-state index in [0.29, 0.717) is 17.0 Å². The quantitative estimate of drug-likeness (QED) is 0.913. The topological polar surface area (TPSA) is 51.5 Å². The summed E-state index contributed by atoms with van der Waals surface area (Å²) in [6.07, 6.45) is 1.90. The lowest BCUT2D eigenvalue weighted by Gasteiger charge is -2.34. The minimum Gasteiger partial charge on any atom is -0.444 e. The lowest BCUT2D eigenvalue weighted by Crippen LogP contribution is -2.51. The van der Waals surface area contributed by atoms with Gasteiger partial charge in [-0.3, -0.25) is 4.79 Å². The van der Waals surface area contributed by atoms with Gasteiger partial charge in [0.2, 0.25) is 0 Å². The van der Waals surface area contributed by atoms with Crippen LogP contribution in [0.25, 0.3) is 0 Å². The first-order valence-electron chi connectivity index (χ1n) is 5.66. The molecule has 1 atom stereocenters.